The summed E-state index contributed by atoms with van der Waals surface area (Å²) in [4.78, 5) is 15.3. The predicted molar refractivity (Wildman–Crippen MR) is 77.6 cm³/mol. The van der Waals surface area contributed by atoms with E-state index in [9.17, 15) is 9.90 Å². The smallest absolute Gasteiger partial charge is 0.253 e. The molecule has 0 saturated heterocycles. The highest BCUT2D eigenvalue weighted by Gasteiger charge is 2.10. The zero-order valence-corrected chi connectivity index (χ0v) is 10.8. The Morgan fingerprint density at radius 3 is 2.80 bits per heavy atom. The Morgan fingerprint density at radius 2 is 1.95 bits per heavy atom. The lowest BCUT2D eigenvalue weighted by Gasteiger charge is -2.07. The van der Waals surface area contributed by atoms with Gasteiger partial charge < -0.3 is 15.4 Å². The van der Waals surface area contributed by atoms with Crippen molar-refractivity contribution >= 4 is 16.8 Å². The van der Waals surface area contributed by atoms with E-state index < -0.39 is 0 Å². The maximum absolute atomic E-state index is 12.2. The molecule has 0 unspecified atom stereocenters. The van der Waals surface area contributed by atoms with Gasteiger partial charge in [0.1, 0.15) is 5.75 Å². The largest absolute Gasteiger partial charge is 0.508 e. The number of rotatable bonds is 3. The quantitative estimate of drug-likeness (QED) is 0.682. The Hall–Kier alpha value is -2.75. The third-order valence-corrected chi connectivity index (χ3v) is 3.26. The highest BCUT2D eigenvalue weighted by atomic mass is 16.3. The zero-order valence-electron chi connectivity index (χ0n) is 10.8. The summed E-state index contributed by atoms with van der Waals surface area (Å²) in [5, 5.41) is 13.5. The Kier molecular flexibility index (Phi) is 3.13. The van der Waals surface area contributed by atoms with Crippen LogP contribution in [0, 0.1) is 0 Å². The first-order chi connectivity index (χ1) is 9.75. The number of hydrogen-bond acceptors (Lipinski definition) is 2. The highest BCUT2D eigenvalue weighted by molar-refractivity contribution is 6.05. The van der Waals surface area contributed by atoms with Gasteiger partial charge in [0.2, 0.25) is 0 Å². The first-order valence-electron chi connectivity index (χ1n) is 6.37. The van der Waals surface area contributed by atoms with Crippen LogP contribution < -0.4 is 5.32 Å². The molecule has 0 saturated carbocycles. The number of phenolic OH excluding ortho intramolecular Hbond substituents is 1. The molecule has 1 heterocycles. The van der Waals surface area contributed by atoms with Gasteiger partial charge in [-0.25, -0.2) is 0 Å². The minimum absolute atomic E-state index is 0.165. The Morgan fingerprint density at radius 1 is 1.10 bits per heavy atom. The molecule has 0 aliphatic heterocycles. The Labute approximate surface area is 116 Å². The molecule has 1 amide bonds. The fourth-order valence-electron chi connectivity index (χ4n) is 2.21. The van der Waals surface area contributed by atoms with Crippen LogP contribution in [-0.2, 0) is 6.54 Å². The van der Waals surface area contributed by atoms with Gasteiger partial charge in [0.15, 0.2) is 0 Å². The Bertz CT molecular complexity index is 762. The van der Waals surface area contributed by atoms with E-state index in [4.69, 9.17) is 0 Å². The molecule has 2 aromatic carbocycles. The topological polar surface area (TPSA) is 65.1 Å². The molecule has 0 bridgehead atoms. The summed E-state index contributed by atoms with van der Waals surface area (Å²) in [6.45, 7) is 0.294. The number of aromatic hydroxyl groups is 1. The van der Waals surface area contributed by atoms with E-state index in [0.29, 0.717) is 17.7 Å². The van der Waals surface area contributed by atoms with Gasteiger partial charge in [0.05, 0.1) is 11.1 Å². The number of hydrogen-bond donors (Lipinski definition) is 3. The van der Waals surface area contributed by atoms with E-state index in [0.717, 1.165) is 10.9 Å². The van der Waals surface area contributed by atoms with Crippen molar-refractivity contribution in [1.29, 1.82) is 0 Å². The van der Waals surface area contributed by atoms with Crippen molar-refractivity contribution in [3.05, 3.63) is 65.9 Å². The molecule has 3 N–H and O–H groups in total. The molecule has 3 rings (SSSR count). The number of phenols is 1. The number of carbonyl (C=O) groups is 1. The average molecular weight is 266 g/mol. The lowest BCUT2D eigenvalue weighted by molar-refractivity contribution is 0.0952. The lowest BCUT2D eigenvalue weighted by atomic mass is 10.1. The van der Waals surface area contributed by atoms with Crippen LogP contribution >= 0.6 is 0 Å². The third kappa shape index (κ3) is 2.23. The van der Waals surface area contributed by atoms with Gasteiger partial charge in [-0.3, -0.25) is 4.79 Å². The number of aromatic amines is 1. The molecule has 4 heteroatoms. The summed E-state index contributed by atoms with van der Waals surface area (Å²) in [7, 11) is 0. The van der Waals surface area contributed by atoms with Crippen LogP contribution in [0.5, 0.6) is 5.75 Å². The van der Waals surface area contributed by atoms with Crippen LogP contribution in [0.15, 0.2) is 54.7 Å². The summed E-state index contributed by atoms with van der Waals surface area (Å²) in [6.07, 6.45) is 1.81. The fraction of sp³-hybridized carbons (Fsp3) is 0.0625. The molecule has 0 radical (unpaired) electrons. The van der Waals surface area contributed by atoms with Gasteiger partial charge in [-0.1, -0.05) is 30.3 Å². The van der Waals surface area contributed by atoms with Gasteiger partial charge in [-0.15, -0.1) is 0 Å². The predicted octanol–water partition coefficient (Wildman–Crippen LogP) is 2.80. The number of para-hydroxylation sites is 2. The van der Waals surface area contributed by atoms with Gasteiger partial charge in [-0.2, -0.15) is 0 Å². The second kappa shape index (κ2) is 5.09. The van der Waals surface area contributed by atoms with E-state index in [1.54, 1.807) is 24.3 Å². The summed E-state index contributed by atoms with van der Waals surface area (Å²) < 4.78 is 0. The molecule has 4 nitrogen and oxygen atoms in total. The first-order valence-corrected chi connectivity index (χ1v) is 6.37. The normalized spacial score (nSPS) is 10.6. The van der Waals surface area contributed by atoms with Crippen LogP contribution in [0.2, 0.25) is 0 Å². The van der Waals surface area contributed by atoms with E-state index in [1.807, 2.05) is 30.5 Å². The van der Waals surface area contributed by atoms with Crippen molar-refractivity contribution in [3.8, 4) is 5.75 Å². The number of aromatic nitrogens is 1. The van der Waals surface area contributed by atoms with Gasteiger partial charge >= 0.3 is 0 Å². The number of fused-ring (bicyclic) bond motifs is 1. The van der Waals surface area contributed by atoms with Gasteiger partial charge in [0.25, 0.3) is 5.91 Å². The van der Waals surface area contributed by atoms with Crippen molar-refractivity contribution in [2.75, 3.05) is 0 Å². The molecular formula is C16H14N2O2. The number of H-pyrrole nitrogens is 1. The second-order valence-electron chi connectivity index (χ2n) is 4.56. The fourth-order valence-corrected chi connectivity index (χ4v) is 2.21. The van der Waals surface area contributed by atoms with Crippen LogP contribution in [0.3, 0.4) is 0 Å². The summed E-state index contributed by atoms with van der Waals surface area (Å²) in [6, 6.07) is 14.5. The zero-order chi connectivity index (χ0) is 13.9. The summed E-state index contributed by atoms with van der Waals surface area (Å²) >= 11 is 0. The molecule has 1 aromatic heterocycles. The maximum Gasteiger partial charge on any atom is 0.253 e. The Balaban J connectivity index is 1.80. The third-order valence-electron chi connectivity index (χ3n) is 3.26. The van der Waals surface area contributed by atoms with Gasteiger partial charge in [0, 0.05) is 23.7 Å². The standard InChI is InChI=1S/C16H14N2O2/c19-14-7-2-1-4-12(14)10-18-16(20)13-6-3-5-11-8-9-17-15(11)13/h1-9,17,19H,10H2,(H,18,20). The molecule has 0 atom stereocenters. The second-order valence-corrected chi connectivity index (χ2v) is 4.56. The molecular weight excluding hydrogens is 252 g/mol. The van der Waals surface area contributed by atoms with Crippen molar-refractivity contribution in [3.63, 3.8) is 0 Å². The maximum atomic E-state index is 12.2. The van der Waals surface area contributed by atoms with Gasteiger partial charge in [-0.05, 0) is 18.2 Å². The minimum atomic E-state index is -0.165. The van der Waals surface area contributed by atoms with Crippen LogP contribution in [0.4, 0.5) is 0 Å². The van der Waals surface area contributed by atoms with Crippen LogP contribution in [0.1, 0.15) is 15.9 Å². The van der Waals surface area contributed by atoms with E-state index in [2.05, 4.69) is 10.3 Å². The first kappa shape index (κ1) is 12.3. The molecule has 0 aliphatic carbocycles. The molecule has 0 fully saturated rings. The number of amides is 1. The molecule has 0 aliphatic rings. The van der Waals surface area contributed by atoms with Crippen LogP contribution in [0.25, 0.3) is 10.9 Å². The van der Waals surface area contributed by atoms with Crippen molar-refractivity contribution < 1.29 is 9.90 Å². The van der Waals surface area contributed by atoms with Crippen molar-refractivity contribution in [2.45, 2.75) is 6.54 Å². The molecule has 100 valence electrons. The molecule has 20 heavy (non-hydrogen) atoms. The van der Waals surface area contributed by atoms with E-state index in [-0.39, 0.29) is 11.7 Å². The monoisotopic (exact) mass is 266 g/mol. The molecule has 3 aromatic rings. The SMILES string of the molecule is O=C(NCc1ccccc1O)c1cccc2cc[nH]c12. The lowest BCUT2D eigenvalue weighted by Crippen LogP contribution is -2.23. The number of benzene rings is 2. The summed E-state index contributed by atoms with van der Waals surface area (Å²) in [5.74, 6) is 0.0205. The van der Waals surface area contributed by atoms with Crippen molar-refractivity contribution in [2.24, 2.45) is 0 Å². The molecule has 0 spiro atoms. The number of nitrogens with one attached hydrogen (secondary N) is 2. The highest BCUT2D eigenvalue weighted by Crippen LogP contribution is 2.18. The van der Waals surface area contributed by atoms with Crippen molar-refractivity contribution in [1.82, 2.24) is 10.3 Å². The average Bonchev–Trinajstić information content (AvgIpc) is 2.94. The summed E-state index contributed by atoms with van der Waals surface area (Å²) in [5.41, 5.74) is 2.12. The number of carbonyl (C=O) groups excluding carboxylic acids is 1. The van der Waals surface area contributed by atoms with E-state index >= 15 is 0 Å². The minimum Gasteiger partial charge on any atom is -0.508 e. The van der Waals surface area contributed by atoms with Crippen LogP contribution in [-0.4, -0.2) is 16.0 Å². The van der Waals surface area contributed by atoms with E-state index in [1.165, 1.54) is 0 Å².